The number of nitrogens with zero attached hydrogens (tertiary/aromatic N) is 2. The molecule has 1 amide bonds. The number of nitrogens with one attached hydrogen (secondary N) is 1. The van der Waals surface area contributed by atoms with Crippen LogP contribution in [0.3, 0.4) is 0 Å². The molecule has 0 spiro atoms. The molecule has 0 unspecified atom stereocenters. The molecule has 4 rings (SSSR count). The summed E-state index contributed by atoms with van der Waals surface area (Å²) in [7, 11) is 1.59. The molecule has 4 aromatic rings. The van der Waals surface area contributed by atoms with E-state index in [-0.39, 0.29) is 25.4 Å². The lowest BCUT2D eigenvalue weighted by Gasteiger charge is -2.09. The lowest BCUT2D eigenvalue weighted by atomic mass is 10.0. The van der Waals surface area contributed by atoms with E-state index >= 15 is 0 Å². The Labute approximate surface area is 198 Å². The van der Waals surface area contributed by atoms with E-state index < -0.39 is 5.97 Å². The van der Waals surface area contributed by atoms with Crippen LogP contribution in [-0.2, 0) is 16.0 Å². The molecule has 0 saturated heterocycles. The predicted molar refractivity (Wildman–Crippen MR) is 127 cm³/mol. The fourth-order valence-electron chi connectivity index (χ4n) is 3.11. The molecule has 3 aromatic heterocycles. The van der Waals surface area contributed by atoms with Gasteiger partial charge >= 0.3 is 5.97 Å². The average Bonchev–Trinajstić information content (AvgIpc) is 3.58. The molecule has 0 saturated carbocycles. The largest absolute Gasteiger partial charge is 0.497 e. The van der Waals surface area contributed by atoms with Gasteiger partial charge in [0.2, 0.25) is 17.6 Å². The standard InChI is InChI=1S/C23H21N3O5S2/c1-3-30-23(28)20-17(14-4-6-16(29-2)7-5-14)13-33-22(20)24-18(27)8-9-19-25-21(26-31-19)15-10-11-32-12-15/h4-7,10-13H,3,8-9H2,1-2H3,(H,24,27). The van der Waals surface area contributed by atoms with E-state index in [1.165, 1.54) is 11.3 Å². The van der Waals surface area contributed by atoms with Crippen LogP contribution in [0.2, 0.25) is 0 Å². The Morgan fingerprint density at radius 1 is 1.12 bits per heavy atom. The molecule has 0 aliphatic carbocycles. The van der Waals surface area contributed by atoms with Crippen LogP contribution in [0.25, 0.3) is 22.5 Å². The van der Waals surface area contributed by atoms with Gasteiger partial charge < -0.3 is 19.3 Å². The van der Waals surface area contributed by atoms with Crippen LogP contribution in [0, 0.1) is 0 Å². The molecule has 0 bridgehead atoms. The first-order valence-corrected chi connectivity index (χ1v) is 12.0. The number of aryl methyl sites for hydroxylation is 1. The molecule has 0 aliphatic heterocycles. The lowest BCUT2D eigenvalue weighted by molar-refractivity contribution is -0.116. The second-order valence-corrected chi connectivity index (χ2v) is 8.53. The Morgan fingerprint density at radius 2 is 1.94 bits per heavy atom. The van der Waals surface area contributed by atoms with E-state index in [4.69, 9.17) is 14.0 Å². The summed E-state index contributed by atoms with van der Waals surface area (Å²) in [5, 5.41) is 12.9. The van der Waals surface area contributed by atoms with Crippen LogP contribution in [-0.4, -0.2) is 35.7 Å². The number of hydrogen-bond acceptors (Lipinski definition) is 9. The van der Waals surface area contributed by atoms with Crippen molar-refractivity contribution in [2.24, 2.45) is 0 Å². The number of carbonyl (C=O) groups is 2. The third-order valence-corrected chi connectivity index (χ3v) is 6.32. The smallest absolute Gasteiger partial charge is 0.341 e. The molecule has 0 radical (unpaired) electrons. The van der Waals surface area contributed by atoms with Gasteiger partial charge in [-0.1, -0.05) is 17.3 Å². The number of amides is 1. The van der Waals surface area contributed by atoms with E-state index in [2.05, 4.69) is 15.5 Å². The fraction of sp³-hybridized carbons (Fsp3) is 0.217. The minimum absolute atomic E-state index is 0.128. The van der Waals surface area contributed by atoms with Crippen molar-refractivity contribution in [2.75, 3.05) is 19.0 Å². The molecule has 0 fully saturated rings. The molecule has 1 N–H and O–H groups in total. The number of rotatable bonds is 9. The summed E-state index contributed by atoms with van der Waals surface area (Å²) in [6.07, 6.45) is 0.414. The maximum Gasteiger partial charge on any atom is 0.341 e. The number of methoxy groups -OCH3 is 1. The highest BCUT2D eigenvalue weighted by Crippen LogP contribution is 2.37. The van der Waals surface area contributed by atoms with E-state index in [9.17, 15) is 9.59 Å². The molecule has 10 heteroatoms. The van der Waals surface area contributed by atoms with Gasteiger partial charge in [0.1, 0.15) is 16.3 Å². The lowest BCUT2D eigenvalue weighted by Crippen LogP contribution is -2.15. The normalized spacial score (nSPS) is 10.7. The molecule has 0 atom stereocenters. The van der Waals surface area contributed by atoms with Crippen LogP contribution in [0.1, 0.15) is 29.6 Å². The highest BCUT2D eigenvalue weighted by Gasteiger charge is 2.23. The van der Waals surface area contributed by atoms with Crippen molar-refractivity contribution in [2.45, 2.75) is 19.8 Å². The molecule has 8 nitrogen and oxygen atoms in total. The average molecular weight is 484 g/mol. The summed E-state index contributed by atoms with van der Waals surface area (Å²) in [5.74, 6) is 0.834. The summed E-state index contributed by atoms with van der Waals surface area (Å²) in [6.45, 7) is 1.97. The van der Waals surface area contributed by atoms with Gasteiger partial charge in [0, 0.05) is 34.7 Å². The van der Waals surface area contributed by atoms with Crippen molar-refractivity contribution in [1.29, 1.82) is 0 Å². The number of carbonyl (C=O) groups excluding carboxylic acids is 2. The first kappa shape index (κ1) is 22.7. The number of thiophene rings is 2. The molecule has 170 valence electrons. The van der Waals surface area contributed by atoms with Crippen molar-refractivity contribution < 1.29 is 23.6 Å². The predicted octanol–water partition coefficient (Wildman–Crippen LogP) is 5.28. The summed E-state index contributed by atoms with van der Waals surface area (Å²) >= 11 is 2.82. The third-order valence-electron chi connectivity index (χ3n) is 4.74. The highest BCUT2D eigenvalue weighted by atomic mass is 32.1. The Hall–Kier alpha value is -3.50. The minimum Gasteiger partial charge on any atom is -0.497 e. The highest BCUT2D eigenvalue weighted by molar-refractivity contribution is 7.15. The zero-order valence-corrected chi connectivity index (χ0v) is 19.6. The summed E-state index contributed by atoms with van der Waals surface area (Å²) < 4.78 is 15.7. The monoisotopic (exact) mass is 483 g/mol. The van der Waals surface area contributed by atoms with Crippen molar-refractivity contribution in [1.82, 2.24) is 10.1 Å². The summed E-state index contributed by atoms with van der Waals surface area (Å²) in [6, 6.07) is 9.25. The van der Waals surface area contributed by atoms with Gasteiger partial charge in [-0.3, -0.25) is 4.79 Å². The first-order valence-electron chi connectivity index (χ1n) is 10.2. The topological polar surface area (TPSA) is 104 Å². The second kappa shape index (κ2) is 10.4. The van der Waals surface area contributed by atoms with Crippen molar-refractivity contribution in [3.63, 3.8) is 0 Å². The second-order valence-electron chi connectivity index (χ2n) is 6.87. The van der Waals surface area contributed by atoms with Crippen molar-refractivity contribution in [3.8, 4) is 28.3 Å². The third kappa shape index (κ3) is 5.29. The minimum atomic E-state index is -0.489. The molecular formula is C23H21N3O5S2. The number of benzene rings is 1. The Bertz CT molecular complexity index is 1230. The maximum atomic E-state index is 12.7. The van der Waals surface area contributed by atoms with Crippen LogP contribution < -0.4 is 10.1 Å². The summed E-state index contributed by atoms with van der Waals surface area (Å²) in [5.41, 5.74) is 2.72. The van der Waals surface area contributed by atoms with Crippen LogP contribution in [0.15, 0.2) is 51.0 Å². The quantitative estimate of drug-likeness (QED) is 0.323. The number of hydrogen-bond donors (Lipinski definition) is 1. The van der Waals surface area contributed by atoms with Gasteiger partial charge in [-0.2, -0.15) is 16.3 Å². The molecule has 33 heavy (non-hydrogen) atoms. The zero-order valence-electron chi connectivity index (χ0n) is 18.0. The van der Waals surface area contributed by atoms with E-state index in [0.717, 1.165) is 11.1 Å². The van der Waals surface area contributed by atoms with Gasteiger partial charge in [0.05, 0.1) is 13.7 Å². The number of aromatic nitrogens is 2. The summed E-state index contributed by atoms with van der Waals surface area (Å²) in [4.78, 5) is 29.6. The fourth-order valence-corrected chi connectivity index (χ4v) is 4.72. The van der Waals surface area contributed by atoms with Gasteiger partial charge in [0.25, 0.3) is 0 Å². The Kier molecular flexibility index (Phi) is 7.16. The zero-order chi connectivity index (χ0) is 23.2. The van der Waals surface area contributed by atoms with E-state index in [0.29, 0.717) is 33.6 Å². The maximum absolute atomic E-state index is 12.7. The van der Waals surface area contributed by atoms with Crippen molar-refractivity contribution >= 4 is 39.6 Å². The van der Waals surface area contributed by atoms with Crippen molar-refractivity contribution in [3.05, 3.63) is 57.9 Å². The molecule has 0 aliphatic rings. The Balaban J connectivity index is 1.47. The van der Waals surface area contributed by atoms with Gasteiger partial charge in [-0.25, -0.2) is 4.79 Å². The molecule has 3 heterocycles. The van der Waals surface area contributed by atoms with Gasteiger partial charge in [0.15, 0.2) is 0 Å². The van der Waals surface area contributed by atoms with E-state index in [1.807, 2.05) is 46.5 Å². The van der Waals surface area contributed by atoms with Gasteiger partial charge in [-0.05, 0) is 36.1 Å². The number of anilines is 1. The van der Waals surface area contributed by atoms with Crippen LogP contribution in [0.4, 0.5) is 5.00 Å². The first-order chi connectivity index (χ1) is 16.1. The number of esters is 1. The van der Waals surface area contributed by atoms with Crippen LogP contribution in [0.5, 0.6) is 5.75 Å². The van der Waals surface area contributed by atoms with Gasteiger partial charge in [-0.15, -0.1) is 11.3 Å². The number of ether oxygens (including phenoxy) is 2. The SMILES string of the molecule is CCOC(=O)c1c(-c2ccc(OC)cc2)csc1NC(=O)CCc1nc(-c2ccsc2)no1. The van der Waals surface area contributed by atoms with E-state index in [1.54, 1.807) is 25.4 Å². The van der Waals surface area contributed by atoms with Crippen LogP contribution >= 0.6 is 22.7 Å². The Morgan fingerprint density at radius 3 is 2.64 bits per heavy atom. The molecular weight excluding hydrogens is 462 g/mol. The molecule has 1 aromatic carbocycles.